The van der Waals surface area contributed by atoms with Crippen molar-refractivity contribution in [3.05, 3.63) is 12.2 Å². The lowest BCUT2D eigenvalue weighted by atomic mass is 9.94. The van der Waals surface area contributed by atoms with Crippen LogP contribution in [0.2, 0.25) is 0 Å². The fourth-order valence-corrected chi connectivity index (χ4v) is 3.05. The third-order valence-corrected chi connectivity index (χ3v) is 4.20. The summed E-state index contributed by atoms with van der Waals surface area (Å²) in [5.41, 5.74) is 0. The number of carbonyl (C=O) groups excluding carboxylic acids is 1. The van der Waals surface area contributed by atoms with Crippen molar-refractivity contribution in [3.8, 4) is 0 Å². The van der Waals surface area contributed by atoms with Gasteiger partial charge in [0.2, 0.25) is 5.91 Å². The summed E-state index contributed by atoms with van der Waals surface area (Å²) in [4.78, 5) is 16.6. The fourth-order valence-electron chi connectivity index (χ4n) is 3.05. The average molecular weight is 264 g/mol. The molecule has 0 saturated carbocycles. The summed E-state index contributed by atoms with van der Waals surface area (Å²) < 4.78 is 0. The van der Waals surface area contributed by atoms with Crippen LogP contribution in [0.5, 0.6) is 0 Å². The molecule has 1 amide bonds. The van der Waals surface area contributed by atoms with Crippen LogP contribution in [-0.2, 0) is 4.79 Å². The summed E-state index contributed by atoms with van der Waals surface area (Å²) in [6.45, 7) is 9.42. The van der Waals surface area contributed by atoms with Gasteiger partial charge in [0, 0.05) is 39.1 Å². The number of piperazine rings is 1. The van der Waals surface area contributed by atoms with Gasteiger partial charge in [-0.1, -0.05) is 26.0 Å². The highest BCUT2D eigenvalue weighted by Gasteiger charge is 2.23. The lowest BCUT2D eigenvalue weighted by molar-refractivity contribution is -0.133. The standard InChI is InChI=1S/C16H28N2O/c1-14(2)12-16(19)18-10-8-17(9-11-18)13-15-6-4-3-5-7-15/h3-4,14-15H,5-13H2,1-2H3/t15-/m0/s1. The first-order valence-corrected chi connectivity index (χ1v) is 7.80. The Balaban J connectivity index is 1.70. The van der Waals surface area contributed by atoms with Gasteiger partial charge in [-0.3, -0.25) is 9.69 Å². The lowest BCUT2D eigenvalue weighted by Crippen LogP contribution is -2.50. The van der Waals surface area contributed by atoms with E-state index in [-0.39, 0.29) is 0 Å². The summed E-state index contributed by atoms with van der Waals surface area (Å²) >= 11 is 0. The molecular weight excluding hydrogens is 236 g/mol. The molecule has 2 aliphatic rings. The van der Waals surface area contributed by atoms with Gasteiger partial charge in [-0.25, -0.2) is 0 Å². The Kier molecular flexibility index (Phi) is 5.44. The van der Waals surface area contributed by atoms with Crippen LogP contribution in [0, 0.1) is 11.8 Å². The monoisotopic (exact) mass is 264 g/mol. The highest BCUT2D eigenvalue weighted by Crippen LogP contribution is 2.20. The molecule has 0 radical (unpaired) electrons. The van der Waals surface area contributed by atoms with E-state index in [0.29, 0.717) is 18.2 Å². The van der Waals surface area contributed by atoms with Crippen molar-refractivity contribution in [1.82, 2.24) is 9.80 Å². The summed E-state index contributed by atoms with van der Waals surface area (Å²) in [7, 11) is 0. The molecule has 19 heavy (non-hydrogen) atoms. The minimum atomic E-state index is 0.343. The first kappa shape index (κ1) is 14.6. The summed E-state index contributed by atoms with van der Waals surface area (Å²) in [6.07, 6.45) is 9.16. The minimum Gasteiger partial charge on any atom is -0.340 e. The third kappa shape index (κ3) is 4.64. The van der Waals surface area contributed by atoms with Gasteiger partial charge in [-0.15, -0.1) is 0 Å². The van der Waals surface area contributed by atoms with Gasteiger partial charge >= 0.3 is 0 Å². The third-order valence-electron chi connectivity index (χ3n) is 4.20. The first-order chi connectivity index (χ1) is 9.15. The Hall–Kier alpha value is -0.830. The fraction of sp³-hybridized carbons (Fsp3) is 0.812. The number of carbonyl (C=O) groups is 1. The normalized spacial score (nSPS) is 25.0. The molecule has 3 nitrogen and oxygen atoms in total. The maximum absolute atomic E-state index is 12.0. The summed E-state index contributed by atoms with van der Waals surface area (Å²) in [5.74, 6) is 1.65. The van der Waals surface area contributed by atoms with Crippen LogP contribution < -0.4 is 0 Å². The maximum atomic E-state index is 12.0. The second-order valence-electron chi connectivity index (χ2n) is 6.43. The Morgan fingerprint density at radius 3 is 2.53 bits per heavy atom. The highest BCUT2D eigenvalue weighted by atomic mass is 16.2. The molecule has 0 aromatic carbocycles. The zero-order chi connectivity index (χ0) is 13.7. The van der Waals surface area contributed by atoms with Crippen molar-refractivity contribution in [2.75, 3.05) is 32.7 Å². The Bertz CT molecular complexity index is 317. The molecule has 1 heterocycles. The Morgan fingerprint density at radius 2 is 1.95 bits per heavy atom. The highest BCUT2D eigenvalue weighted by molar-refractivity contribution is 5.76. The van der Waals surface area contributed by atoms with E-state index in [4.69, 9.17) is 0 Å². The van der Waals surface area contributed by atoms with Crippen molar-refractivity contribution in [2.45, 2.75) is 39.5 Å². The van der Waals surface area contributed by atoms with E-state index in [9.17, 15) is 4.79 Å². The zero-order valence-electron chi connectivity index (χ0n) is 12.5. The van der Waals surface area contributed by atoms with Crippen LogP contribution in [0.4, 0.5) is 0 Å². The molecule has 1 aliphatic heterocycles. The number of hydrogen-bond acceptors (Lipinski definition) is 2. The molecule has 1 fully saturated rings. The molecular formula is C16H28N2O. The van der Waals surface area contributed by atoms with E-state index < -0.39 is 0 Å². The van der Waals surface area contributed by atoms with E-state index >= 15 is 0 Å². The molecule has 0 bridgehead atoms. The Morgan fingerprint density at radius 1 is 1.21 bits per heavy atom. The van der Waals surface area contributed by atoms with Gasteiger partial charge in [0.25, 0.3) is 0 Å². The lowest BCUT2D eigenvalue weighted by Gasteiger charge is -2.37. The summed E-state index contributed by atoms with van der Waals surface area (Å²) in [6, 6.07) is 0. The predicted octanol–water partition coefficient (Wildman–Crippen LogP) is 2.53. The molecule has 1 aliphatic carbocycles. The number of rotatable bonds is 4. The van der Waals surface area contributed by atoms with Crippen LogP contribution in [0.3, 0.4) is 0 Å². The van der Waals surface area contributed by atoms with Crippen molar-refractivity contribution in [2.24, 2.45) is 11.8 Å². The van der Waals surface area contributed by atoms with Gasteiger partial charge in [0.15, 0.2) is 0 Å². The predicted molar refractivity (Wildman–Crippen MR) is 79.0 cm³/mol. The number of allylic oxidation sites excluding steroid dienone is 2. The van der Waals surface area contributed by atoms with Crippen molar-refractivity contribution < 1.29 is 4.79 Å². The first-order valence-electron chi connectivity index (χ1n) is 7.80. The van der Waals surface area contributed by atoms with Crippen molar-refractivity contribution in [3.63, 3.8) is 0 Å². The van der Waals surface area contributed by atoms with E-state index in [1.165, 1.54) is 25.8 Å². The van der Waals surface area contributed by atoms with Gasteiger partial charge < -0.3 is 4.90 Å². The van der Waals surface area contributed by atoms with Crippen LogP contribution in [0.15, 0.2) is 12.2 Å². The molecule has 0 N–H and O–H groups in total. The molecule has 0 aromatic rings. The van der Waals surface area contributed by atoms with Crippen LogP contribution in [0.25, 0.3) is 0 Å². The SMILES string of the molecule is CC(C)CC(=O)N1CCN(C[C@H]2CC=CCC2)CC1. The molecule has 1 saturated heterocycles. The molecule has 108 valence electrons. The van der Waals surface area contributed by atoms with E-state index in [2.05, 4.69) is 35.8 Å². The van der Waals surface area contributed by atoms with E-state index in [1.54, 1.807) is 0 Å². The minimum absolute atomic E-state index is 0.343. The largest absolute Gasteiger partial charge is 0.340 e. The molecule has 0 spiro atoms. The van der Waals surface area contributed by atoms with Crippen molar-refractivity contribution in [1.29, 1.82) is 0 Å². The molecule has 0 aromatic heterocycles. The van der Waals surface area contributed by atoms with Crippen LogP contribution in [0.1, 0.15) is 39.5 Å². The molecule has 0 unspecified atom stereocenters. The van der Waals surface area contributed by atoms with Gasteiger partial charge in [0.05, 0.1) is 0 Å². The number of hydrogen-bond donors (Lipinski definition) is 0. The van der Waals surface area contributed by atoms with Crippen molar-refractivity contribution >= 4 is 5.91 Å². The quantitative estimate of drug-likeness (QED) is 0.729. The Labute approximate surface area is 117 Å². The second-order valence-corrected chi connectivity index (χ2v) is 6.43. The summed E-state index contributed by atoms with van der Waals surface area (Å²) in [5, 5.41) is 0. The van der Waals surface area contributed by atoms with Gasteiger partial charge in [-0.05, 0) is 31.1 Å². The van der Waals surface area contributed by atoms with Crippen LogP contribution in [-0.4, -0.2) is 48.4 Å². The van der Waals surface area contributed by atoms with Gasteiger partial charge in [-0.2, -0.15) is 0 Å². The number of amides is 1. The smallest absolute Gasteiger partial charge is 0.222 e. The molecule has 2 rings (SSSR count). The molecule has 3 heteroatoms. The van der Waals surface area contributed by atoms with Crippen LogP contribution >= 0.6 is 0 Å². The zero-order valence-corrected chi connectivity index (χ0v) is 12.5. The maximum Gasteiger partial charge on any atom is 0.222 e. The number of nitrogens with zero attached hydrogens (tertiary/aromatic N) is 2. The van der Waals surface area contributed by atoms with Gasteiger partial charge in [0.1, 0.15) is 0 Å². The topological polar surface area (TPSA) is 23.6 Å². The molecule has 1 atom stereocenters. The average Bonchev–Trinajstić information content (AvgIpc) is 2.40. The van der Waals surface area contributed by atoms with E-state index in [0.717, 1.165) is 32.1 Å². The van der Waals surface area contributed by atoms with E-state index in [1.807, 2.05) is 0 Å². The second kappa shape index (κ2) is 7.09.